The molecule has 0 unspecified atom stereocenters. The number of carbonyl (C=O) groups is 1. The third-order valence-corrected chi connectivity index (χ3v) is 3.02. The zero-order valence-corrected chi connectivity index (χ0v) is 11.5. The molecule has 0 aliphatic carbocycles. The average Bonchev–Trinajstić information content (AvgIpc) is 2.75. The molecule has 0 N–H and O–H groups in total. The van der Waals surface area contributed by atoms with Gasteiger partial charge in [0.15, 0.2) is 0 Å². The number of likely N-dealkylation sites (tertiary alicyclic amines) is 1. The van der Waals surface area contributed by atoms with Gasteiger partial charge in [0.1, 0.15) is 5.60 Å². The molecule has 0 radical (unpaired) electrons. The molecule has 5 heteroatoms. The van der Waals surface area contributed by atoms with Gasteiger partial charge in [-0.2, -0.15) is 4.39 Å². The van der Waals surface area contributed by atoms with E-state index in [1.807, 2.05) is 20.8 Å². The molecule has 1 aromatic heterocycles. The van der Waals surface area contributed by atoms with Crippen LogP contribution < -0.4 is 0 Å². The summed E-state index contributed by atoms with van der Waals surface area (Å²) in [7, 11) is 0. The molecular formula is C14H19FN2O2. The third kappa shape index (κ3) is 3.43. The molecule has 19 heavy (non-hydrogen) atoms. The minimum Gasteiger partial charge on any atom is -0.444 e. The van der Waals surface area contributed by atoms with Crippen LogP contribution in [0.15, 0.2) is 18.3 Å². The second kappa shape index (κ2) is 5.15. The van der Waals surface area contributed by atoms with Crippen molar-refractivity contribution in [2.45, 2.75) is 45.3 Å². The van der Waals surface area contributed by atoms with Crippen molar-refractivity contribution in [3.05, 3.63) is 29.8 Å². The second-order valence-corrected chi connectivity index (χ2v) is 5.74. The molecule has 1 atom stereocenters. The average molecular weight is 266 g/mol. The van der Waals surface area contributed by atoms with Gasteiger partial charge in [-0.05, 0) is 51.3 Å². The minimum atomic E-state index is -0.520. The Morgan fingerprint density at radius 2 is 2.26 bits per heavy atom. The Kier molecular flexibility index (Phi) is 3.73. The van der Waals surface area contributed by atoms with Crippen molar-refractivity contribution in [1.82, 2.24) is 9.88 Å². The van der Waals surface area contributed by atoms with Gasteiger partial charge in [-0.1, -0.05) is 0 Å². The SMILES string of the molecule is CC(C)(C)OC(=O)N1CCC[C@H]1c1ccnc(F)c1. The number of nitrogens with zero attached hydrogens (tertiary/aromatic N) is 2. The van der Waals surface area contributed by atoms with E-state index in [1.54, 1.807) is 11.0 Å². The molecular weight excluding hydrogens is 247 g/mol. The molecule has 2 rings (SSSR count). The molecule has 2 heterocycles. The highest BCUT2D eigenvalue weighted by Gasteiger charge is 2.33. The monoisotopic (exact) mass is 266 g/mol. The molecule has 1 aliphatic rings. The van der Waals surface area contributed by atoms with E-state index in [0.29, 0.717) is 6.54 Å². The summed E-state index contributed by atoms with van der Waals surface area (Å²) in [5.41, 5.74) is 0.254. The maximum atomic E-state index is 13.2. The van der Waals surface area contributed by atoms with E-state index < -0.39 is 11.5 Å². The fourth-order valence-electron chi connectivity index (χ4n) is 2.28. The van der Waals surface area contributed by atoms with Crippen LogP contribution in [-0.4, -0.2) is 28.1 Å². The lowest BCUT2D eigenvalue weighted by atomic mass is 10.1. The van der Waals surface area contributed by atoms with Gasteiger partial charge in [0.05, 0.1) is 6.04 Å². The first-order valence-electron chi connectivity index (χ1n) is 6.48. The van der Waals surface area contributed by atoms with E-state index in [1.165, 1.54) is 12.3 Å². The summed E-state index contributed by atoms with van der Waals surface area (Å²) in [6.07, 6.45) is 2.81. The van der Waals surface area contributed by atoms with Crippen LogP contribution >= 0.6 is 0 Å². The van der Waals surface area contributed by atoms with Crippen LogP contribution in [0.25, 0.3) is 0 Å². The number of halogens is 1. The third-order valence-electron chi connectivity index (χ3n) is 3.02. The van der Waals surface area contributed by atoms with E-state index >= 15 is 0 Å². The van der Waals surface area contributed by atoms with Crippen LogP contribution in [0.1, 0.15) is 45.2 Å². The van der Waals surface area contributed by atoms with Crippen molar-refractivity contribution < 1.29 is 13.9 Å². The van der Waals surface area contributed by atoms with Gasteiger partial charge in [-0.25, -0.2) is 9.78 Å². The number of carbonyl (C=O) groups excluding carboxylic acids is 1. The quantitative estimate of drug-likeness (QED) is 0.732. The lowest BCUT2D eigenvalue weighted by molar-refractivity contribution is 0.0224. The molecule has 0 spiro atoms. The fourth-order valence-corrected chi connectivity index (χ4v) is 2.28. The first-order chi connectivity index (χ1) is 8.87. The number of aromatic nitrogens is 1. The number of hydrogen-bond acceptors (Lipinski definition) is 3. The highest BCUT2D eigenvalue weighted by Crippen LogP contribution is 2.33. The van der Waals surface area contributed by atoms with Gasteiger partial charge in [-0.15, -0.1) is 0 Å². The van der Waals surface area contributed by atoms with Crippen molar-refractivity contribution in [3.63, 3.8) is 0 Å². The number of pyridine rings is 1. The van der Waals surface area contributed by atoms with Gasteiger partial charge < -0.3 is 9.64 Å². The second-order valence-electron chi connectivity index (χ2n) is 5.74. The molecule has 1 fully saturated rings. The number of rotatable bonds is 1. The summed E-state index contributed by atoms with van der Waals surface area (Å²) < 4.78 is 18.6. The van der Waals surface area contributed by atoms with Gasteiger partial charge in [0.2, 0.25) is 5.95 Å². The molecule has 0 bridgehead atoms. The van der Waals surface area contributed by atoms with Gasteiger partial charge >= 0.3 is 6.09 Å². The lowest BCUT2D eigenvalue weighted by Gasteiger charge is -2.28. The van der Waals surface area contributed by atoms with Crippen molar-refractivity contribution >= 4 is 6.09 Å². The van der Waals surface area contributed by atoms with E-state index in [-0.39, 0.29) is 12.1 Å². The largest absolute Gasteiger partial charge is 0.444 e. The summed E-state index contributed by atoms with van der Waals surface area (Å²) in [4.78, 5) is 17.3. The Balaban J connectivity index is 2.15. The summed E-state index contributed by atoms with van der Waals surface area (Å²) in [5, 5.41) is 0. The maximum absolute atomic E-state index is 13.2. The predicted octanol–water partition coefficient (Wildman–Crippen LogP) is 3.29. The molecule has 1 aromatic rings. The van der Waals surface area contributed by atoms with Crippen LogP contribution in [0.4, 0.5) is 9.18 Å². The number of amides is 1. The molecule has 104 valence electrons. The van der Waals surface area contributed by atoms with Gasteiger partial charge in [0, 0.05) is 12.7 Å². The summed E-state index contributed by atoms with van der Waals surface area (Å²) in [6.45, 7) is 6.15. The highest BCUT2D eigenvalue weighted by atomic mass is 19.1. The molecule has 4 nitrogen and oxygen atoms in total. The zero-order chi connectivity index (χ0) is 14.0. The Morgan fingerprint density at radius 3 is 2.89 bits per heavy atom. The summed E-state index contributed by atoms with van der Waals surface area (Å²) in [5.74, 6) is -0.520. The number of ether oxygens (including phenoxy) is 1. The van der Waals surface area contributed by atoms with E-state index in [0.717, 1.165) is 18.4 Å². The van der Waals surface area contributed by atoms with Gasteiger partial charge in [-0.3, -0.25) is 0 Å². The van der Waals surface area contributed by atoms with Crippen LogP contribution in [-0.2, 0) is 4.74 Å². The topological polar surface area (TPSA) is 42.4 Å². The number of hydrogen-bond donors (Lipinski definition) is 0. The van der Waals surface area contributed by atoms with Crippen molar-refractivity contribution in [2.75, 3.05) is 6.54 Å². The zero-order valence-electron chi connectivity index (χ0n) is 11.5. The highest BCUT2D eigenvalue weighted by molar-refractivity contribution is 5.69. The maximum Gasteiger partial charge on any atom is 0.410 e. The summed E-state index contributed by atoms with van der Waals surface area (Å²) in [6, 6.07) is 3.01. The predicted molar refractivity (Wildman–Crippen MR) is 69.1 cm³/mol. The van der Waals surface area contributed by atoms with Crippen LogP contribution in [0, 0.1) is 5.95 Å². The van der Waals surface area contributed by atoms with Crippen molar-refractivity contribution in [1.29, 1.82) is 0 Å². The normalized spacial score (nSPS) is 19.6. The fraction of sp³-hybridized carbons (Fsp3) is 0.571. The minimum absolute atomic E-state index is 0.118. The molecule has 0 saturated carbocycles. The van der Waals surface area contributed by atoms with Gasteiger partial charge in [0.25, 0.3) is 0 Å². The Hall–Kier alpha value is -1.65. The molecule has 1 saturated heterocycles. The first kappa shape index (κ1) is 13.8. The molecule has 1 amide bonds. The molecule has 1 aliphatic heterocycles. The van der Waals surface area contributed by atoms with E-state index in [2.05, 4.69) is 4.98 Å². The smallest absolute Gasteiger partial charge is 0.410 e. The first-order valence-corrected chi connectivity index (χ1v) is 6.48. The van der Waals surface area contributed by atoms with Crippen LogP contribution in [0.2, 0.25) is 0 Å². The Morgan fingerprint density at radius 1 is 1.53 bits per heavy atom. The molecule has 0 aromatic carbocycles. The van der Waals surface area contributed by atoms with E-state index in [4.69, 9.17) is 4.74 Å². The Bertz CT molecular complexity index is 471. The van der Waals surface area contributed by atoms with Crippen molar-refractivity contribution in [2.24, 2.45) is 0 Å². The lowest BCUT2D eigenvalue weighted by Crippen LogP contribution is -2.36. The van der Waals surface area contributed by atoms with E-state index in [9.17, 15) is 9.18 Å². The summed E-state index contributed by atoms with van der Waals surface area (Å²) >= 11 is 0. The van der Waals surface area contributed by atoms with Crippen molar-refractivity contribution in [3.8, 4) is 0 Å². The van der Waals surface area contributed by atoms with Crippen LogP contribution in [0.5, 0.6) is 0 Å². The van der Waals surface area contributed by atoms with Crippen LogP contribution in [0.3, 0.4) is 0 Å². The standard InChI is InChI=1S/C14H19FN2O2/c1-14(2,3)19-13(18)17-8-4-5-11(17)10-6-7-16-12(15)9-10/h6-7,9,11H,4-5,8H2,1-3H3/t11-/m0/s1. The Labute approximate surface area is 112 Å².